The summed E-state index contributed by atoms with van der Waals surface area (Å²) in [5, 5.41) is 10.4. The van der Waals surface area contributed by atoms with E-state index in [0.29, 0.717) is 63.3 Å². The molecule has 9 nitrogen and oxygen atoms in total. The van der Waals surface area contributed by atoms with E-state index in [1.807, 2.05) is 12.1 Å². The molecule has 4 aliphatic rings. The predicted octanol–water partition coefficient (Wildman–Crippen LogP) is 2.97. The number of alkyl halides is 2. The lowest BCUT2D eigenvalue weighted by Gasteiger charge is -2.36. The van der Waals surface area contributed by atoms with Crippen molar-refractivity contribution in [2.45, 2.75) is 44.4 Å². The van der Waals surface area contributed by atoms with Gasteiger partial charge in [-0.3, -0.25) is 19.5 Å². The zero-order chi connectivity index (χ0) is 29.3. The van der Waals surface area contributed by atoms with Gasteiger partial charge >= 0.3 is 6.61 Å². The fourth-order valence-corrected chi connectivity index (χ4v) is 5.85. The van der Waals surface area contributed by atoms with Crippen LogP contribution in [0, 0.1) is 0 Å². The first-order valence-corrected chi connectivity index (χ1v) is 13.9. The molecule has 220 valence electrons. The van der Waals surface area contributed by atoms with E-state index < -0.39 is 12.7 Å². The van der Waals surface area contributed by atoms with Crippen molar-refractivity contribution in [2.24, 2.45) is 4.99 Å². The summed E-state index contributed by atoms with van der Waals surface area (Å²) in [5.41, 5.74) is 4.60. The molecule has 1 aromatic carbocycles. The molecule has 1 N–H and O–H groups in total. The predicted molar refractivity (Wildman–Crippen MR) is 149 cm³/mol. The van der Waals surface area contributed by atoms with Crippen LogP contribution in [0.4, 0.5) is 8.78 Å². The molecule has 2 heterocycles. The fourth-order valence-electron chi connectivity index (χ4n) is 5.85. The van der Waals surface area contributed by atoms with E-state index in [9.17, 15) is 23.5 Å². The summed E-state index contributed by atoms with van der Waals surface area (Å²) in [6.07, 6.45) is 3.01. The Bertz CT molecular complexity index is 1310. The fraction of sp³-hybridized carbons (Fsp3) is 0.500. The summed E-state index contributed by atoms with van der Waals surface area (Å²) in [7, 11) is 4.88. The van der Waals surface area contributed by atoms with Crippen LogP contribution in [0.1, 0.15) is 41.6 Å². The number of allylic oxidation sites excluding steroid dienone is 3. The quantitative estimate of drug-likeness (QED) is 0.542. The molecule has 2 unspecified atom stereocenters. The molecule has 0 aromatic heterocycles. The maximum absolute atomic E-state index is 13.2. The van der Waals surface area contributed by atoms with E-state index in [4.69, 9.17) is 14.5 Å². The second-order valence-corrected chi connectivity index (χ2v) is 11.0. The van der Waals surface area contributed by atoms with Gasteiger partial charge in [-0.05, 0) is 48.6 Å². The van der Waals surface area contributed by atoms with Crippen LogP contribution in [0.3, 0.4) is 0 Å². The number of piperazine rings is 1. The number of hydrogen-bond donors (Lipinski definition) is 1. The minimum atomic E-state index is -2.98. The van der Waals surface area contributed by atoms with Crippen LogP contribution in [-0.2, 0) is 14.3 Å². The molecule has 1 aromatic rings. The monoisotopic (exact) mass is 570 g/mol. The van der Waals surface area contributed by atoms with Crippen molar-refractivity contribution in [2.75, 3.05) is 53.9 Å². The lowest BCUT2D eigenvalue weighted by Crippen LogP contribution is -2.51. The molecule has 41 heavy (non-hydrogen) atoms. The number of amides is 2. The highest BCUT2D eigenvalue weighted by Crippen LogP contribution is 2.43. The Morgan fingerprint density at radius 1 is 1.12 bits per heavy atom. The molecular weight excluding hydrogens is 534 g/mol. The Morgan fingerprint density at radius 2 is 1.83 bits per heavy atom. The van der Waals surface area contributed by atoms with Crippen LogP contribution in [0.5, 0.6) is 0 Å². The highest BCUT2D eigenvalue weighted by Gasteiger charge is 2.36. The number of fused-ring (bicyclic) bond motifs is 2. The van der Waals surface area contributed by atoms with E-state index in [1.54, 1.807) is 42.1 Å². The molecule has 1 saturated carbocycles. The van der Waals surface area contributed by atoms with Gasteiger partial charge in [0.1, 0.15) is 5.76 Å². The molecule has 0 spiro atoms. The molecule has 2 amide bonds. The van der Waals surface area contributed by atoms with Gasteiger partial charge in [-0.1, -0.05) is 12.1 Å². The number of nitrogens with zero attached hydrogens (tertiary/aromatic N) is 4. The summed E-state index contributed by atoms with van der Waals surface area (Å²) >= 11 is 0. The first-order chi connectivity index (χ1) is 19.6. The zero-order valence-corrected chi connectivity index (χ0v) is 23.6. The van der Waals surface area contributed by atoms with Crippen molar-refractivity contribution >= 4 is 17.5 Å². The number of methoxy groups -OCH3 is 1. The van der Waals surface area contributed by atoms with Crippen molar-refractivity contribution in [3.63, 3.8) is 0 Å². The van der Waals surface area contributed by atoms with Crippen molar-refractivity contribution in [1.29, 1.82) is 0 Å². The number of rotatable bonds is 7. The van der Waals surface area contributed by atoms with Gasteiger partial charge in [-0.15, -0.1) is 0 Å². The number of dihydropyridines is 1. The first-order valence-electron chi connectivity index (χ1n) is 13.9. The molecule has 1 saturated heterocycles. The second kappa shape index (κ2) is 12.1. The minimum Gasteiger partial charge on any atom is -0.493 e. The van der Waals surface area contributed by atoms with E-state index in [1.165, 1.54) is 7.11 Å². The average Bonchev–Trinajstić information content (AvgIpc) is 2.96. The summed E-state index contributed by atoms with van der Waals surface area (Å²) in [6, 6.07) is 7.14. The van der Waals surface area contributed by atoms with Gasteiger partial charge < -0.3 is 24.4 Å². The molecule has 0 radical (unpaired) electrons. The molecule has 11 heteroatoms. The van der Waals surface area contributed by atoms with Gasteiger partial charge in [-0.25, -0.2) is 0 Å². The summed E-state index contributed by atoms with van der Waals surface area (Å²) in [5.74, 6) is 0.242. The van der Waals surface area contributed by atoms with Gasteiger partial charge in [0.05, 0.1) is 31.5 Å². The standard InChI is InChI=1S/C30H36F2N4O5/c1-34(2)27(38)17-35-10-12-36(13-11-35)29(39)19-6-4-18(5-7-19)28-23-16-25(40-3)26(41-30(31)32)15-21(23)22-14-20(37)8-9-24(22)33-28/h4-7,16,20,24,30,37H,8-15,17H2,1-3H3. The number of aliphatic hydroxyl groups is 1. The van der Waals surface area contributed by atoms with Crippen molar-refractivity contribution in [3.8, 4) is 0 Å². The van der Waals surface area contributed by atoms with Crippen LogP contribution in [0.25, 0.3) is 0 Å². The molecule has 2 aliphatic heterocycles. The van der Waals surface area contributed by atoms with Crippen molar-refractivity contribution < 1.29 is 33.0 Å². The van der Waals surface area contributed by atoms with Gasteiger partial charge in [0.25, 0.3) is 5.91 Å². The maximum Gasteiger partial charge on any atom is 0.387 e. The van der Waals surface area contributed by atoms with E-state index in [0.717, 1.165) is 22.3 Å². The molecule has 5 rings (SSSR count). The minimum absolute atomic E-state index is 0.0412. The van der Waals surface area contributed by atoms with Crippen LogP contribution in [0.15, 0.2) is 63.6 Å². The Morgan fingerprint density at radius 3 is 2.46 bits per heavy atom. The third-order valence-electron chi connectivity index (χ3n) is 8.15. The van der Waals surface area contributed by atoms with Crippen LogP contribution < -0.4 is 0 Å². The SMILES string of the molecule is COC1=C(OC(F)F)CC2=C3CC(O)CCC3N=C(c3ccc(C(=O)N4CCN(CC(=O)N(C)C)CC4)cc3)C2=C1. The number of aliphatic imine (C=N–C) groups is 1. The van der Waals surface area contributed by atoms with Gasteiger partial charge in [0.15, 0.2) is 5.76 Å². The number of likely N-dealkylation sites (N-methyl/N-ethyl adjacent to an activating group) is 1. The number of carbonyl (C=O) groups excluding carboxylic acids is 2. The largest absolute Gasteiger partial charge is 0.493 e. The van der Waals surface area contributed by atoms with Crippen molar-refractivity contribution in [1.82, 2.24) is 14.7 Å². The highest BCUT2D eigenvalue weighted by atomic mass is 19.3. The number of benzene rings is 1. The second-order valence-electron chi connectivity index (χ2n) is 11.0. The lowest BCUT2D eigenvalue weighted by molar-refractivity contribution is -0.130. The Kier molecular flexibility index (Phi) is 8.55. The number of halogens is 2. The Hall–Kier alpha value is -3.57. The molecule has 2 aliphatic carbocycles. The number of hydrogen-bond acceptors (Lipinski definition) is 7. The smallest absolute Gasteiger partial charge is 0.387 e. The Balaban J connectivity index is 1.36. The van der Waals surface area contributed by atoms with Gasteiger partial charge in [0, 0.05) is 63.4 Å². The molecular formula is C30H36F2N4O5. The van der Waals surface area contributed by atoms with Crippen LogP contribution in [-0.4, -0.2) is 110 Å². The topological polar surface area (TPSA) is 94.9 Å². The zero-order valence-electron chi connectivity index (χ0n) is 23.6. The summed E-state index contributed by atoms with van der Waals surface area (Å²) in [6.45, 7) is -0.284. The van der Waals surface area contributed by atoms with Gasteiger partial charge in [-0.2, -0.15) is 8.78 Å². The third kappa shape index (κ3) is 6.20. The number of ether oxygens (including phenoxy) is 2. The highest BCUT2D eigenvalue weighted by molar-refractivity contribution is 6.17. The van der Waals surface area contributed by atoms with Gasteiger partial charge in [0.2, 0.25) is 5.91 Å². The first kappa shape index (κ1) is 28.9. The molecule has 2 atom stereocenters. The summed E-state index contributed by atoms with van der Waals surface area (Å²) in [4.78, 5) is 35.7. The normalized spacial score (nSPS) is 23.0. The van der Waals surface area contributed by atoms with Crippen LogP contribution >= 0.6 is 0 Å². The lowest BCUT2D eigenvalue weighted by atomic mass is 9.76. The average molecular weight is 571 g/mol. The van der Waals surface area contributed by atoms with E-state index in [2.05, 4.69) is 4.90 Å². The maximum atomic E-state index is 13.2. The van der Waals surface area contributed by atoms with Crippen molar-refractivity contribution in [3.05, 3.63) is 69.7 Å². The van der Waals surface area contributed by atoms with Crippen LogP contribution in [0.2, 0.25) is 0 Å². The molecule has 0 bridgehead atoms. The van der Waals surface area contributed by atoms with E-state index in [-0.39, 0.29) is 35.8 Å². The number of aliphatic hydroxyl groups excluding tert-OH is 1. The Labute approximate surface area is 238 Å². The molecule has 2 fully saturated rings. The summed E-state index contributed by atoms with van der Waals surface area (Å²) < 4.78 is 36.5. The number of carbonyl (C=O) groups is 2. The van der Waals surface area contributed by atoms with E-state index >= 15 is 0 Å². The third-order valence-corrected chi connectivity index (χ3v) is 8.15.